The number of aliphatic carboxylic acids is 2. The Balaban J connectivity index is -0.00000108. The molecule has 1 aliphatic carbocycles. The smallest absolute Gasteiger partial charge is 0.120 e. The first-order chi connectivity index (χ1) is 7.91. The summed E-state index contributed by atoms with van der Waals surface area (Å²) in [5.74, 6) is -3.25. The normalized spacial score (nSPS) is 28.0. The lowest BCUT2D eigenvalue weighted by molar-refractivity contribution is -0.325. The van der Waals surface area contributed by atoms with Crippen LogP contribution < -0.4 is 10.2 Å². The van der Waals surface area contributed by atoms with Gasteiger partial charge in [-0.05, 0) is 42.5 Å². The highest BCUT2D eigenvalue weighted by molar-refractivity contribution is 7.89. The van der Waals surface area contributed by atoms with Gasteiger partial charge in [-0.15, -0.1) is 0 Å². The number of rotatable bonds is 3. The largest absolute Gasteiger partial charge is 0.744 e. The monoisotopic (exact) mass is 380 g/mol. The number of hydrogen-bond acceptors (Lipinski definition) is 7. The molecule has 0 N–H and O–H groups in total. The average molecular weight is 380 g/mol. The van der Waals surface area contributed by atoms with E-state index in [2.05, 4.69) is 0 Å². The van der Waals surface area contributed by atoms with Gasteiger partial charge in [0.25, 0.3) is 0 Å². The van der Waals surface area contributed by atoms with Crippen LogP contribution in [-0.4, -0.2) is 24.9 Å². The Morgan fingerprint density at radius 2 is 1.52 bits per heavy atom. The van der Waals surface area contributed by atoms with Gasteiger partial charge in [0.2, 0.25) is 0 Å². The SMILES string of the molecule is CC1(C(=O)[O-])C=C(S(=O)(=O)[O-])CC(C)(C(=O)[O-])C1.[PH4+].[PH4+].[PH4+]. The summed E-state index contributed by atoms with van der Waals surface area (Å²) in [4.78, 5) is 21.2. The van der Waals surface area contributed by atoms with Crippen LogP contribution in [0.2, 0.25) is 0 Å². The van der Waals surface area contributed by atoms with Gasteiger partial charge in [0.15, 0.2) is 0 Å². The quantitative estimate of drug-likeness (QED) is 0.378. The maximum atomic E-state index is 11.0. The molecule has 11 heteroatoms. The van der Waals surface area contributed by atoms with E-state index in [1.165, 1.54) is 0 Å². The number of carboxylic acids is 2. The lowest BCUT2D eigenvalue weighted by Gasteiger charge is -2.44. The summed E-state index contributed by atoms with van der Waals surface area (Å²) in [6.45, 7) is 2.25. The van der Waals surface area contributed by atoms with Crippen molar-refractivity contribution in [3.8, 4) is 0 Å². The van der Waals surface area contributed by atoms with Crippen LogP contribution in [0.3, 0.4) is 0 Å². The number of carboxylic acid groups (broad SMARTS) is 2. The third-order valence-electron chi connectivity index (χ3n) is 3.08. The zero-order chi connectivity index (χ0) is 14.4. The molecule has 5 unspecified atom stereocenters. The van der Waals surface area contributed by atoms with E-state index in [4.69, 9.17) is 0 Å². The molecule has 126 valence electrons. The summed E-state index contributed by atoms with van der Waals surface area (Å²) in [6, 6.07) is 0. The standard InChI is InChI=1S/C10H14O7S.3H3P/c1-9(7(11)12)3-6(18(15,16)17)4-10(2,5-9)8(13)14;;;/h3H,4-5H2,1-2H3,(H,11,12)(H,13,14)(H,15,16,17);3*1H3. The van der Waals surface area contributed by atoms with Gasteiger partial charge in [-0.25, -0.2) is 8.42 Å². The van der Waals surface area contributed by atoms with Crippen LogP contribution >= 0.6 is 29.7 Å². The number of carbonyl (C=O) groups excluding carboxylic acids is 2. The molecule has 0 aliphatic heterocycles. The lowest BCUT2D eigenvalue weighted by atomic mass is 9.67. The van der Waals surface area contributed by atoms with E-state index < -0.39 is 50.6 Å². The fourth-order valence-corrected chi connectivity index (χ4v) is 3.05. The van der Waals surface area contributed by atoms with E-state index in [0.29, 0.717) is 0 Å². The Hall–Kier alpha value is -0.120. The molecule has 0 aromatic rings. The highest BCUT2D eigenvalue weighted by Crippen LogP contribution is 2.45. The first kappa shape index (κ1) is 25.8. The van der Waals surface area contributed by atoms with Gasteiger partial charge >= 0.3 is 0 Å². The third-order valence-corrected chi connectivity index (χ3v) is 3.99. The van der Waals surface area contributed by atoms with Crippen molar-refractivity contribution in [2.75, 3.05) is 0 Å². The first-order valence-corrected chi connectivity index (χ1v) is 6.42. The van der Waals surface area contributed by atoms with E-state index >= 15 is 0 Å². The van der Waals surface area contributed by atoms with Gasteiger partial charge in [-0.3, -0.25) is 0 Å². The Kier molecular flexibility index (Phi) is 9.76. The van der Waals surface area contributed by atoms with Crippen molar-refractivity contribution in [3.05, 3.63) is 11.0 Å². The van der Waals surface area contributed by atoms with Crippen molar-refractivity contribution < 1.29 is 32.8 Å². The molecular formula is C10H23O7P3S. The molecular weight excluding hydrogens is 357 g/mol. The maximum Gasteiger partial charge on any atom is 0.120 e. The van der Waals surface area contributed by atoms with Crippen LogP contribution in [0.25, 0.3) is 0 Å². The number of carbonyl (C=O) groups is 2. The van der Waals surface area contributed by atoms with Crippen molar-refractivity contribution in [1.29, 1.82) is 0 Å². The van der Waals surface area contributed by atoms with Gasteiger partial charge < -0.3 is 24.4 Å². The topological polar surface area (TPSA) is 137 Å². The van der Waals surface area contributed by atoms with Crippen LogP contribution in [0.4, 0.5) is 0 Å². The minimum atomic E-state index is -4.91. The van der Waals surface area contributed by atoms with Gasteiger partial charge in [-0.1, -0.05) is 19.9 Å². The van der Waals surface area contributed by atoms with Gasteiger partial charge in [0.1, 0.15) is 10.1 Å². The molecule has 0 aromatic carbocycles. The molecule has 1 rings (SSSR count). The van der Waals surface area contributed by atoms with Crippen molar-refractivity contribution >= 4 is 51.8 Å². The van der Waals surface area contributed by atoms with E-state index in [-0.39, 0.29) is 29.7 Å². The molecule has 0 saturated carbocycles. The fourth-order valence-electron chi connectivity index (χ4n) is 2.15. The molecule has 7 nitrogen and oxygen atoms in total. The summed E-state index contributed by atoms with van der Waals surface area (Å²) < 4.78 is 32.9. The highest BCUT2D eigenvalue weighted by Gasteiger charge is 2.42. The van der Waals surface area contributed by atoms with Crippen molar-refractivity contribution in [3.63, 3.8) is 0 Å². The van der Waals surface area contributed by atoms with Crippen LogP contribution in [0.5, 0.6) is 0 Å². The van der Waals surface area contributed by atoms with Gasteiger partial charge in [0.05, 0.1) is 5.97 Å². The predicted molar refractivity (Wildman–Crippen MR) is 90.7 cm³/mol. The molecule has 0 heterocycles. The molecule has 0 radical (unpaired) electrons. The Labute approximate surface area is 133 Å². The zero-order valence-corrected chi connectivity index (χ0v) is 19.6. The fraction of sp³-hybridized carbons (Fsp3) is 0.600. The Morgan fingerprint density at radius 3 is 1.81 bits per heavy atom. The molecule has 5 atom stereocenters. The van der Waals surface area contributed by atoms with E-state index in [9.17, 15) is 32.8 Å². The van der Waals surface area contributed by atoms with Crippen molar-refractivity contribution in [1.82, 2.24) is 0 Å². The zero-order valence-electron chi connectivity index (χ0n) is 12.8. The summed E-state index contributed by atoms with van der Waals surface area (Å²) in [7, 11) is -4.91. The third kappa shape index (κ3) is 5.54. The van der Waals surface area contributed by atoms with Crippen LogP contribution in [-0.2, 0) is 19.7 Å². The lowest BCUT2D eigenvalue weighted by Crippen LogP contribution is -2.50. The minimum absolute atomic E-state index is 0. The highest BCUT2D eigenvalue weighted by atomic mass is 32.2. The number of allylic oxidation sites excluding steroid dienone is 1. The van der Waals surface area contributed by atoms with Crippen LogP contribution in [0.1, 0.15) is 26.7 Å². The minimum Gasteiger partial charge on any atom is -0.744 e. The molecule has 0 amide bonds. The second-order valence-corrected chi connectivity index (χ2v) is 6.40. The summed E-state index contributed by atoms with van der Waals surface area (Å²) in [5, 5.41) is 22.0. The first-order valence-electron chi connectivity index (χ1n) is 5.01. The van der Waals surface area contributed by atoms with Gasteiger partial charge in [-0.2, -0.15) is 0 Å². The predicted octanol–water partition coefficient (Wildman–Crippen LogP) is -2.91. The van der Waals surface area contributed by atoms with Crippen LogP contribution in [0.15, 0.2) is 11.0 Å². The summed E-state index contributed by atoms with van der Waals surface area (Å²) in [5.41, 5.74) is -3.57. The van der Waals surface area contributed by atoms with E-state index in [1.807, 2.05) is 0 Å². The van der Waals surface area contributed by atoms with E-state index in [1.54, 1.807) is 0 Å². The summed E-state index contributed by atoms with van der Waals surface area (Å²) >= 11 is 0. The molecule has 21 heavy (non-hydrogen) atoms. The Bertz CT molecular complexity index is 545. The molecule has 0 bridgehead atoms. The molecule has 0 saturated heterocycles. The molecule has 0 spiro atoms. The summed E-state index contributed by atoms with van der Waals surface area (Å²) in [6.07, 6.45) is -0.219. The van der Waals surface area contributed by atoms with E-state index in [0.717, 1.165) is 19.9 Å². The number of hydrogen-bond donors (Lipinski definition) is 0. The molecule has 0 fully saturated rings. The second kappa shape index (κ2) is 7.94. The second-order valence-electron chi connectivity index (χ2n) is 4.97. The average Bonchev–Trinajstić information content (AvgIpc) is 2.14. The van der Waals surface area contributed by atoms with Crippen molar-refractivity contribution in [2.45, 2.75) is 26.7 Å². The molecule has 0 aromatic heterocycles. The van der Waals surface area contributed by atoms with Gasteiger partial charge in [0, 0.05) is 21.7 Å². The van der Waals surface area contributed by atoms with Crippen LogP contribution in [0, 0.1) is 10.8 Å². The Morgan fingerprint density at radius 1 is 1.10 bits per heavy atom. The van der Waals surface area contributed by atoms with Crippen molar-refractivity contribution in [2.24, 2.45) is 10.8 Å². The maximum absolute atomic E-state index is 11.0. The molecule has 1 aliphatic rings.